The van der Waals surface area contributed by atoms with E-state index in [0.717, 1.165) is 5.56 Å². The number of rotatable bonds is 10. The molecule has 2 aromatic carbocycles. The van der Waals surface area contributed by atoms with Gasteiger partial charge in [0.2, 0.25) is 0 Å². The number of aliphatic hydroxyl groups excluding tert-OH is 1. The van der Waals surface area contributed by atoms with Gasteiger partial charge in [0.15, 0.2) is 10.8 Å². The lowest BCUT2D eigenvalue weighted by Gasteiger charge is -2.43. The second-order valence-corrected chi connectivity index (χ2v) is 12.8. The molecule has 2 saturated heterocycles. The molecule has 6 rings (SSSR count). The number of anilines is 1. The normalized spacial score (nSPS) is 21.1. The molecule has 2 amide bonds. The molecule has 2 fully saturated rings. The van der Waals surface area contributed by atoms with Gasteiger partial charge < -0.3 is 24.8 Å². The number of nitrogens with one attached hydrogen (secondary N) is 1. The molecule has 0 unspecified atom stereocenters. The number of carbonyl (C=O) groups excluding carboxylic acids is 3. The number of methoxy groups -OCH3 is 2. The van der Waals surface area contributed by atoms with Crippen molar-refractivity contribution in [3.63, 3.8) is 0 Å². The summed E-state index contributed by atoms with van der Waals surface area (Å²) in [6.45, 7) is 1.10. The van der Waals surface area contributed by atoms with Gasteiger partial charge in [-0.25, -0.2) is 19.0 Å². The van der Waals surface area contributed by atoms with Crippen LogP contribution in [0.4, 0.5) is 14.9 Å². The molecular weight excluding hydrogens is 663 g/mol. The molecule has 252 valence electrons. The maximum Gasteiger partial charge on any atom is 0.338 e. The highest BCUT2D eigenvalue weighted by molar-refractivity contribution is 7.11. The van der Waals surface area contributed by atoms with Crippen molar-refractivity contribution in [2.24, 2.45) is 4.99 Å². The van der Waals surface area contributed by atoms with Crippen molar-refractivity contribution in [3.8, 4) is 0 Å². The molecule has 0 aliphatic carbocycles. The van der Waals surface area contributed by atoms with E-state index in [1.165, 1.54) is 43.8 Å². The zero-order valence-electron chi connectivity index (χ0n) is 26.3. The molecule has 12 nitrogen and oxygen atoms in total. The number of piperazine rings is 1. The Bertz CT molecular complexity index is 1750. The maximum absolute atomic E-state index is 14.0. The zero-order valence-corrected chi connectivity index (χ0v) is 27.8. The van der Waals surface area contributed by atoms with Crippen molar-refractivity contribution < 1.29 is 33.4 Å². The van der Waals surface area contributed by atoms with E-state index < -0.39 is 23.9 Å². The van der Waals surface area contributed by atoms with Gasteiger partial charge in [0, 0.05) is 66.1 Å². The molecule has 15 heteroatoms. The maximum atomic E-state index is 14.0. The number of amidine groups is 1. The first kappa shape index (κ1) is 33.5. The van der Waals surface area contributed by atoms with Gasteiger partial charge in [-0.15, -0.1) is 11.3 Å². The molecular formula is C33H34ClFN6O6S. The minimum absolute atomic E-state index is 0.104. The molecule has 48 heavy (non-hydrogen) atoms. The fraction of sp³-hybridized carbons (Fsp3) is 0.364. The summed E-state index contributed by atoms with van der Waals surface area (Å²) in [5.74, 6) is -1.04. The van der Waals surface area contributed by atoms with Crippen LogP contribution in [-0.4, -0.2) is 103 Å². The van der Waals surface area contributed by atoms with E-state index in [9.17, 15) is 23.9 Å². The lowest BCUT2D eigenvalue weighted by atomic mass is 9.94. The number of hydrogen-bond acceptors (Lipinski definition) is 11. The summed E-state index contributed by atoms with van der Waals surface area (Å²) in [5.41, 5.74) is 2.75. The average molecular weight is 697 g/mol. The highest BCUT2D eigenvalue weighted by atomic mass is 35.5. The Labute approximate surface area is 285 Å². The number of hydrogen-bond donors (Lipinski definition) is 2. The van der Waals surface area contributed by atoms with Crippen LogP contribution in [0, 0.1) is 5.82 Å². The summed E-state index contributed by atoms with van der Waals surface area (Å²) in [7, 11) is 2.63. The van der Waals surface area contributed by atoms with Gasteiger partial charge in [-0.2, -0.15) is 0 Å². The first-order valence-electron chi connectivity index (χ1n) is 15.3. The quantitative estimate of drug-likeness (QED) is 0.305. The van der Waals surface area contributed by atoms with Crippen LogP contribution in [0.15, 0.2) is 70.3 Å². The number of thiazole rings is 1. The van der Waals surface area contributed by atoms with Crippen LogP contribution in [0.2, 0.25) is 5.02 Å². The summed E-state index contributed by atoms with van der Waals surface area (Å²) in [5, 5.41) is 16.5. The Kier molecular flexibility index (Phi) is 10.1. The standard InChI is InChI=1S/C33H34ClFN6O6S/c1-46-27(43)10-5-19-3-7-21(8-4-19)41-17-25-26(18-42)39(12-13-40(25)33(41)45)16-24-28(32(44)47-2)29(22-9-6-20(35)15-23(22)34)38-30(37-24)31-36-11-14-48-31/h3-4,6-9,11,14-15,25-26,29,42H,5,10,12-13,16-18H2,1-2H3,(H,37,38)/t25-,26-,29-/m0/s1. The molecule has 0 bridgehead atoms. The molecule has 3 aromatic rings. The highest BCUT2D eigenvalue weighted by Crippen LogP contribution is 2.38. The molecule has 3 aliphatic rings. The Morgan fingerprint density at radius 3 is 2.60 bits per heavy atom. The number of fused-ring (bicyclic) bond motifs is 1. The lowest BCUT2D eigenvalue weighted by Crippen LogP contribution is -2.61. The number of halogens is 2. The number of esters is 2. The number of aryl methyl sites for hydroxylation is 1. The second kappa shape index (κ2) is 14.4. The van der Waals surface area contributed by atoms with E-state index >= 15 is 0 Å². The van der Waals surface area contributed by atoms with Crippen LogP contribution in [0.25, 0.3) is 0 Å². The number of aliphatic hydroxyl groups is 1. The Balaban J connectivity index is 1.28. The molecule has 3 aliphatic heterocycles. The van der Waals surface area contributed by atoms with Crippen LogP contribution < -0.4 is 10.2 Å². The molecule has 0 spiro atoms. The SMILES string of the molecule is COC(=O)CCc1ccc(N2C[C@H]3[C@H](CO)N(CC4=C(C(=O)OC)[C@H](c5ccc(F)cc5Cl)N=C(c5nccs5)N4)CCN3C2=O)cc1. The number of aromatic nitrogens is 1. The molecule has 0 radical (unpaired) electrons. The monoisotopic (exact) mass is 696 g/mol. The summed E-state index contributed by atoms with van der Waals surface area (Å²) in [6, 6.07) is 9.54. The summed E-state index contributed by atoms with van der Waals surface area (Å²) < 4.78 is 24.0. The number of carbonyl (C=O) groups is 3. The second-order valence-electron chi connectivity index (χ2n) is 11.5. The zero-order chi connectivity index (χ0) is 33.9. The van der Waals surface area contributed by atoms with Crippen molar-refractivity contribution in [1.82, 2.24) is 20.1 Å². The van der Waals surface area contributed by atoms with Gasteiger partial charge in [0.25, 0.3) is 0 Å². The van der Waals surface area contributed by atoms with Crippen molar-refractivity contribution in [2.45, 2.75) is 31.0 Å². The number of aliphatic imine (C=N–C) groups is 1. The number of nitrogens with zero attached hydrogens (tertiary/aromatic N) is 5. The number of urea groups is 1. The third-order valence-electron chi connectivity index (χ3n) is 8.85. The van der Waals surface area contributed by atoms with Gasteiger partial charge in [-0.1, -0.05) is 29.8 Å². The Morgan fingerprint density at radius 1 is 1.15 bits per heavy atom. The average Bonchev–Trinajstić information content (AvgIpc) is 3.75. The summed E-state index contributed by atoms with van der Waals surface area (Å²) in [6.07, 6.45) is 2.43. The van der Waals surface area contributed by atoms with Gasteiger partial charge in [-0.3, -0.25) is 19.6 Å². The van der Waals surface area contributed by atoms with Gasteiger partial charge in [0.1, 0.15) is 11.9 Å². The van der Waals surface area contributed by atoms with Crippen molar-refractivity contribution in [2.75, 3.05) is 51.9 Å². The van der Waals surface area contributed by atoms with Crippen molar-refractivity contribution >= 4 is 52.4 Å². The van der Waals surface area contributed by atoms with Crippen LogP contribution >= 0.6 is 22.9 Å². The van der Waals surface area contributed by atoms with Crippen LogP contribution in [0.3, 0.4) is 0 Å². The first-order chi connectivity index (χ1) is 23.2. The largest absolute Gasteiger partial charge is 0.469 e. The predicted octanol–water partition coefficient (Wildman–Crippen LogP) is 3.55. The van der Waals surface area contributed by atoms with Crippen LogP contribution in [-0.2, 0) is 25.5 Å². The topological polar surface area (TPSA) is 137 Å². The minimum atomic E-state index is -0.922. The molecule has 4 heterocycles. The smallest absolute Gasteiger partial charge is 0.338 e. The fourth-order valence-corrected chi connectivity index (χ4v) is 7.27. The van der Waals surface area contributed by atoms with Crippen LogP contribution in [0.1, 0.15) is 28.6 Å². The molecule has 1 aromatic heterocycles. The molecule has 0 saturated carbocycles. The lowest BCUT2D eigenvalue weighted by molar-refractivity contribution is -0.140. The van der Waals surface area contributed by atoms with Crippen LogP contribution in [0.5, 0.6) is 0 Å². The summed E-state index contributed by atoms with van der Waals surface area (Å²) >= 11 is 7.85. The van der Waals surface area contributed by atoms with Gasteiger partial charge in [-0.05, 0) is 36.2 Å². The van der Waals surface area contributed by atoms with E-state index in [0.29, 0.717) is 53.8 Å². The third kappa shape index (κ3) is 6.65. The molecule has 2 N–H and O–H groups in total. The van der Waals surface area contributed by atoms with E-state index in [1.54, 1.807) is 21.4 Å². The first-order valence-corrected chi connectivity index (χ1v) is 16.6. The number of amides is 2. The van der Waals surface area contributed by atoms with E-state index in [1.807, 2.05) is 29.2 Å². The van der Waals surface area contributed by atoms with Crippen molar-refractivity contribution in [1.29, 1.82) is 0 Å². The van der Waals surface area contributed by atoms with Gasteiger partial charge in [0.05, 0.1) is 38.5 Å². The Hall–Kier alpha value is -4.37. The fourth-order valence-electron chi connectivity index (χ4n) is 6.41. The number of benzene rings is 2. The van der Waals surface area contributed by atoms with E-state index in [4.69, 9.17) is 26.1 Å². The van der Waals surface area contributed by atoms with Gasteiger partial charge >= 0.3 is 18.0 Å². The summed E-state index contributed by atoms with van der Waals surface area (Å²) in [4.78, 5) is 53.2. The third-order valence-corrected chi connectivity index (χ3v) is 9.96. The predicted molar refractivity (Wildman–Crippen MR) is 177 cm³/mol. The van der Waals surface area contributed by atoms with E-state index in [2.05, 4.69) is 10.3 Å². The highest BCUT2D eigenvalue weighted by Gasteiger charge is 2.47. The number of ether oxygens (including phenoxy) is 2. The van der Waals surface area contributed by atoms with E-state index in [-0.39, 0.29) is 48.2 Å². The Morgan fingerprint density at radius 2 is 1.94 bits per heavy atom. The minimum Gasteiger partial charge on any atom is -0.469 e. The molecule has 3 atom stereocenters. The van der Waals surface area contributed by atoms with Crippen molar-refractivity contribution in [3.05, 3.63) is 92.3 Å².